The molecular weight excluding hydrogens is 581 g/mol. The summed E-state index contributed by atoms with van der Waals surface area (Å²) in [5, 5.41) is 2.28. The summed E-state index contributed by atoms with van der Waals surface area (Å²) in [5.74, 6) is -2.10. The van der Waals surface area contributed by atoms with Crippen molar-refractivity contribution in [1.82, 2.24) is 4.57 Å². The molecule has 3 amide bonds. The maximum Gasteiger partial charge on any atom is 0.308 e. The average molecular weight is 606 g/mol. The van der Waals surface area contributed by atoms with Crippen LogP contribution in [0, 0.1) is 11.7 Å². The molecule has 42 heavy (non-hydrogen) atoms. The minimum atomic E-state index is -0.845. The highest BCUT2D eigenvalue weighted by molar-refractivity contribution is 8.00. The van der Waals surface area contributed by atoms with Gasteiger partial charge < -0.3 is 14.8 Å². The molecule has 4 aromatic rings. The lowest BCUT2D eigenvalue weighted by Gasteiger charge is -2.31. The van der Waals surface area contributed by atoms with Gasteiger partial charge in [0.1, 0.15) is 29.1 Å². The Morgan fingerprint density at radius 2 is 1.64 bits per heavy atom. The molecule has 6 rings (SSSR count). The highest BCUT2D eigenvalue weighted by Crippen LogP contribution is 2.55. The number of rotatable bonds is 7. The lowest BCUT2D eigenvalue weighted by atomic mass is 9.82. The smallest absolute Gasteiger partial charge is 0.308 e. The third kappa shape index (κ3) is 4.76. The van der Waals surface area contributed by atoms with E-state index < -0.39 is 39.6 Å². The van der Waals surface area contributed by atoms with Gasteiger partial charge in [0.25, 0.3) is 0 Å². The molecule has 0 spiro atoms. The van der Waals surface area contributed by atoms with Crippen LogP contribution in [0.15, 0.2) is 82.6 Å². The first kappa shape index (κ1) is 27.7. The maximum atomic E-state index is 14.0. The Hall–Kier alpha value is -4.42. The highest BCUT2D eigenvalue weighted by atomic mass is 32.2. The van der Waals surface area contributed by atoms with E-state index in [-0.39, 0.29) is 12.5 Å². The summed E-state index contributed by atoms with van der Waals surface area (Å²) >= 11 is 2.07. The number of thioether (sulfide) groups is 1. The van der Waals surface area contributed by atoms with E-state index >= 15 is 0 Å². The van der Waals surface area contributed by atoms with E-state index in [2.05, 4.69) is 5.32 Å². The Balaban J connectivity index is 1.42. The number of carbonyl (C=O) groups excluding carboxylic acids is 3. The number of aromatic nitrogens is 1. The molecule has 0 aliphatic carbocycles. The molecule has 0 bridgehead atoms. The number of fused-ring (bicyclic) bond motifs is 2. The van der Waals surface area contributed by atoms with Crippen molar-refractivity contribution in [3.8, 4) is 11.5 Å². The third-order valence-electron chi connectivity index (χ3n) is 7.28. The van der Waals surface area contributed by atoms with Crippen molar-refractivity contribution in [3.63, 3.8) is 0 Å². The molecule has 1 fully saturated rings. The van der Waals surface area contributed by atoms with Crippen molar-refractivity contribution in [2.45, 2.75) is 22.7 Å². The molecule has 9 nitrogen and oxygen atoms in total. The summed E-state index contributed by atoms with van der Waals surface area (Å²) in [6.07, 6.45) is 0. The quantitative estimate of drug-likeness (QED) is 0.309. The van der Waals surface area contributed by atoms with Crippen LogP contribution in [-0.4, -0.2) is 41.8 Å². The van der Waals surface area contributed by atoms with E-state index in [0.717, 1.165) is 23.1 Å². The zero-order chi connectivity index (χ0) is 29.5. The number of methoxy groups -OCH3 is 2. The number of halogens is 1. The molecule has 214 valence electrons. The van der Waals surface area contributed by atoms with E-state index in [9.17, 15) is 23.6 Å². The zero-order valence-corrected chi connectivity index (χ0v) is 24.0. The van der Waals surface area contributed by atoms with Crippen molar-refractivity contribution < 1.29 is 28.2 Å². The molecule has 2 aliphatic rings. The molecule has 0 radical (unpaired) electrons. The monoisotopic (exact) mass is 605 g/mol. The van der Waals surface area contributed by atoms with Gasteiger partial charge in [0, 0.05) is 22.0 Å². The first-order valence-electron chi connectivity index (χ1n) is 12.9. The van der Waals surface area contributed by atoms with Crippen LogP contribution in [0.2, 0.25) is 0 Å². The lowest BCUT2D eigenvalue weighted by Crippen LogP contribution is -2.33. The molecule has 3 atom stereocenters. The summed E-state index contributed by atoms with van der Waals surface area (Å²) < 4.78 is 25.5. The fraction of sp³-hybridized carbons (Fsp3) is 0.200. The summed E-state index contributed by atoms with van der Waals surface area (Å²) in [6.45, 7) is -0.324. The number of para-hydroxylation sites is 1. The molecule has 3 aromatic carbocycles. The van der Waals surface area contributed by atoms with Gasteiger partial charge in [-0.2, -0.15) is 0 Å². The Kier molecular flexibility index (Phi) is 7.33. The van der Waals surface area contributed by atoms with Crippen LogP contribution in [0.5, 0.6) is 11.5 Å². The summed E-state index contributed by atoms with van der Waals surface area (Å²) in [4.78, 5) is 55.6. The average Bonchev–Trinajstić information content (AvgIpc) is 3.44. The number of anilines is 2. The molecule has 0 unspecified atom stereocenters. The molecule has 2 aliphatic heterocycles. The second-order valence-electron chi connectivity index (χ2n) is 9.67. The fourth-order valence-corrected chi connectivity index (χ4v) is 8.14. The van der Waals surface area contributed by atoms with E-state index in [1.807, 2.05) is 12.1 Å². The molecule has 1 N–H and O–H groups in total. The molecule has 3 heterocycles. The number of thiazole rings is 1. The number of imide groups is 1. The van der Waals surface area contributed by atoms with Crippen molar-refractivity contribution in [2.75, 3.05) is 24.4 Å². The van der Waals surface area contributed by atoms with Gasteiger partial charge >= 0.3 is 4.87 Å². The molecule has 1 saturated heterocycles. The highest BCUT2D eigenvalue weighted by Gasteiger charge is 2.57. The molecule has 12 heteroatoms. The van der Waals surface area contributed by atoms with Crippen molar-refractivity contribution in [2.24, 2.45) is 5.92 Å². The standard InChI is InChI=1S/C30H24FN3O6S2/c1-39-19-13-11-18(12-14-19)34-27(36)24-23(20-5-3-4-6-21(20)40-2)26-29(41-25(24)28(34)37)33(30(38)42-26)15-22(35)32-17-9-7-16(31)8-10-17/h3-14,23-25H,15H2,1-2H3,(H,32,35)/t23-,24-,25+/m0/s1. The predicted octanol–water partition coefficient (Wildman–Crippen LogP) is 4.50. The Labute approximate surface area is 247 Å². The van der Waals surface area contributed by atoms with Crippen LogP contribution in [-0.2, 0) is 20.9 Å². The van der Waals surface area contributed by atoms with Gasteiger partial charge in [0.05, 0.1) is 30.9 Å². The number of hydrogen-bond acceptors (Lipinski definition) is 8. The molecule has 0 saturated carbocycles. The van der Waals surface area contributed by atoms with Crippen molar-refractivity contribution >= 4 is 52.2 Å². The SMILES string of the molecule is COc1ccc(N2C(=O)[C@H]3[C@H](c4ccccc4OC)c4sc(=O)n(CC(=O)Nc5ccc(F)cc5)c4S[C@H]3C2=O)cc1. The zero-order valence-electron chi connectivity index (χ0n) is 22.4. The lowest BCUT2D eigenvalue weighted by molar-refractivity contribution is -0.122. The van der Waals surface area contributed by atoms with Gasteiger partial charge in [-0.25, -0.2) is 9.29 Å². The predicted molar refractivity (Wildman–Crippen MR) is 157 cm³/mol. The summed E-state index contributed by atoms with van der Waals surface area (Å²) in [7, 11) is 3.05. The number of benzene rings is 3. The molecule has 1 aromatic heterocycles. The van der Waals surface area contributed by atoms with Crippen LogP contribution < -0.4 is 24.6 Å². The van der Waals surface area contributed by atoms with Crippen LogP contribution in [0.4, 0.5) is 15.8 Å². The first-order chi connectivity index (χ1) is 20.3. The van der Waals surface area contributed by atoms with Gasteiger partial charge in [-0.15, -0.1) is 0 Å². The largest absolute Gasteiger partial charge is 0.497 e. The van der Waals surface area contributed by atoms with Gasteiger partial charge in [0.2, 0.25) is 17.7 Å². The van der Waals surface area contributed by atoms with Crippen molar-refractivity contribution in [3.05, 3.63) is 98.7 Å². The van der Waals surface area contributed by atoms with Gasteiger partial charge in [-0.05, 0) is 54.6 Å². The van der Waals surface area contributed by atoms with E-state index in [1.54, 1.807) is 36.4 Å². The Morgan fingerprint density at radius 3 is 2.33 bits per heavy atom. The van der Waals surface area contributed by atoms with Crippen LogP contribution in [0.1, 0.15) is 16.4 Å². The fourth-order valence-electron chi connectivity index (χ4n) is 5.38. The number of carbonyl (C=O) groups is 3. The number of amides is 3. The Morgan fingerprint density at radius 1 is 0.929 bits per heavy atom. The minimum Gasteiger partial charge on any atom is -0.497 e. The number of nitrogens with zero attached hydrogens (tertiary/aromatic N) is 2. The van der Waals surface area contributed by atoms with E-state index in [0.29, 0.717) is 38.3 Å². The normalized spacial score (nSPS) is 19.3. The minimum absolute atomic E-state index is 0.324. The van der Waals surface area contributed by atoms with E-state index in [1.165, 1.54) is 48.0 Å². The van der Waals surface area contributed by atoms with Crippen LogP contribution in [0.3, 0.4) is 0 Å². The number of ether oxygens (including phenoxy) is 2. The van der Waals surface area contributed by atoms with E-state index in [4.69, 9.17) is 9.47 Å². The summed E-state index contributed by atoms with van der Waals surface area (Å²) in [6, 6.07) is 19.2. The van der Waals surface area contributed by atoms with Crippen LogP contribution in [0.25, 0.3) is 0 Å². The van der Waals surface area contributed by atoms with Gasteiger partial charge in [-0.1, -0.05) is 41.3 Å². The van der Waals surface area contributed by atoms with Crippen LogP contribution >= 0.6 is 23.1 Å². The Bertz CT molecular complexity index is 1750. The number of hydrogen-bond donors (Lipinski definition) is 1. The van der Waals surface area contributed by atoms with Gasteiger partial charge in [0.15, 0.2) is 0 Å². The second-order valence-corrected chi connectivity index (χ2v) is 11.8. The third-order valence-corrected chi connectivity index (χ3v) is 9.89. The van der Waals surface area contributed by atoms with Gasteiger partial charge in [-0.3, -0.25) is 23.7 Å². The maximum absolute atomic E-state index is 14.0. The summed E-state index contributed by atoms with van der Waals surface area (Å²) in [5.41, 5.74) is 1.46. The topological polar surface area (TPSA) is 107 Å². The number of nitrogens with one attached hydrogen (secondary N) is 1. The second kappa shape index (κ2) is 11.1. The first-order valence-corrected chi connectivity index (χ1v) is 14.6. The molecular formula is C30H24FN3O6S2. The van der Waals surface area contributed by atoms with Crippen molar-refractivity contribution in [1.29, 1.82) is 0 Å².